The Bertz CT molecular complexity index is 626. The van der Waals surface area contributed by atoms with Gasteiger partial charge in [0, 0.05) is 11.8 Å². The largest absolute Gasteiger partial charge is 0.492 e. The molecule has 2 aromatic rings. The minimum Gasteiger partial charge on any atom is -0.492 e. The van der Waals surface area contributed by atoms with Crippen LogP contribution < -0.4 is 15.8 Å². The molecule has 6 nitrogen and oxygen atoms in total. The first-order chi connectivity index (χ1) is 10.1. The maximum atomic E-state index is 12.1. The zero-order valence-electron chi connectivity index (χ0n) is 12.1. The van der Waals surface area contributed by atoms with Gasteiger partial charge in [-0.3, -0.25) is 14.8 Å². The summed E-state index contributed by atoms with van der Waals surface area (Å²) in [7, 11) is 0. The summed E-state index contributed by atoms with van der Waals surface area (Å²) in [4.78, 5) is 20.4. The number of nitrogens with one attached hydrogen (secondary N) is 1. The van der Waals surface area contributed by atoms with Gasteiger partial charge in [-0.25, -0.2) is 0 Å². The Labute approximate surface area is 123 Å². The number of carbonyl (C=O) groups excluding carboxylic acids is 1. The van der Waals surface area contributed by atoms with Gasteiger partial charge in [0.15, 0.2) is 0 Å². The second-order valence-corrected chi connectivity index (χ2v) is 4.52. The highest BCUT2D eigenvalue weighted by molar-refractivity contribution is 5.95. The molecule has 6 heteroatoms. The quantitative estimate of drug-likeness (QED) is 0.816. The predicted octanol–water partition coefficient (Wildman–Crippen LogP) is 1.70. The lowest BCUT2D eigenvalue weighted by Crippen LogP contribution is -2.23. The second kappa shape index (κ2) is 6.69. The summed E-state index contributed by atoms with van der Waals surface area (Å²) in [5.74, 6) is 0.366. The van der Waals surface area contributed by atoms with Crippen LogP contribution in [0.4, 0.5) is 5.69 Å². The molecule has 1 aromatic heterocycles. The fourth-order valence-corrected chi connectivity index (χ4v) is 1.76. The molecule has 1 amide bonds. The number of ether oxygens (including phenoxy) is 1. The molecular weight excluding hydrogens is 268 g/mol. The van der Waals surface area contributed by atoms with E-state index in [1.165, 1.54) is 0 Å². The van der Waals surface area contributed by atoms with E-state index in [1.807, 2.05) is 13.8 Å². The first-order valence-corrected chi connectivity index (χ1v) is 6.68. The van der Waals surface area contributed by atoms with Crippen molar-refractivity contribution in [3.05, 3.63) is 47.5 Å². The Kier molecular flexibility index (Phi) is 4.71. The van der Waals surface area contributed by atoms with Crippen molar-refractivity contribution in [2.45, 2.75) is 20.4 Å². The Morgan fingerprint density at radius 3 is 2.76 bits per heavy atom. The molecule has 1 aromatic carbocycles. The van der Waals surface area contributed by atoms with Gasteiger partial charge in [-0.1, -0.05) is 0 Å². The van der Waals surface area contributed by atoms with E-state index >= 15 is 0 Å². The van der Waals surface area contributed by atoms with Crippen LogP contribution >= 0.6 is 0 Å². The van der Waals surface area contributed by atoms with Crippen LogP contribution in [0, 0.1) is 6.92 Å². The van der Waals surface area contributed by atoms with Gasteiger partial charge in [-0.05, 0) is 32.0 Å². The van der Waals surface area contributed by atoms with E-state index in [9.17, 15) is 4.79 Å². The molecule has 2 rings (SSSR count). The number of rotatable bonds is 5. The highest BCUT2D eigenvalue weighted by Crippen LogP contribution is 2.22. The average molecular weight is 286 g/mol. The minimum atomic E-state index is -0.216. The van der Waals surface area contributed by atoms with Gasteiger partial charge in [0.25, 0.3) is 5.91 Å². The number of anilines is 1. The maximum Gasteiger partial charge on any atom is 0.251 e. The molecule has 0 atom stereocenters. The third-order valence-corrected chi connectivity index (χ3v) is 2.84. The zero-order valence-corrected chi connectivity index (χ0v) is 12.1. The standard InChI is InChI=1S/C15H18N4O2/c1-3-21-14-5-4-11(6-13(14)16)15(20)19-9-12-8-17-10(2)7-18-12/h4-8H,3,9,16H2,1-2H3,(H,19,20). The van der Waals surface area contributed by atoms with Gasteiger partial charge >= 0.3 is 0 Å². The number of nitrogen functional groups attached to an aromatic ring is 1. The lowest BCUT2D eigenvalue weighted by Gasteiger charge is -2.09. The summed E-state index contributed by atoms with van der Waals surface area (Å²) >= 11 is 0. The van der Waals surface area contributed by atoms with Crippen molar-refractivity contribution in [2.24, 2.45) is 0 Å². The fourth-order valence-electron chi connectivity index (χ4n) is 1.76. The zero-order chi connectivity index (χ0) is 15.2. The third kappa shape index (κ3) is 3.92. The van der Waals surface area contributed by atoms with Crippen molar-refractivity contribution >= 4 is 11.6 Å². The summed E-state index contributed by atoms with van der Waals surface area (Å²) in [6, 6.07) is 4.97. The Balaban J connectivity index is 2.00. The first-order valence-electron chi connectivity index (χ1n) is 6.68. The smallest absolute Gasteiger partial charge is 0.251 e. The topological polar surface area (TPSA) is 90.1 Å². The number of aromatic nitrogens is 2. The van der Waals surface area contributed by atoms with Crippen molar-refractivity contribution in [1.29, 1.82) is 0 Å². The van der Waals surface area contributed by atoms with Crippen LogP contribution in [0.25, 0.3) is 0 Å². The highest BCUT2D eigenvalue weighted by atomic mass is 16.5. The lowest BCUT2D eigenvalue weighted by molar-refractivity contribution is 0.0950. The highest BCUT2D eigenvalue weighted by Gasteiger charge is 2.09. The Morgan fingerprint density at radius 1 is 1.33 bits per heavy atom. The number of benzene rings is 1. The fraction of sp³-hybridized carbons (Fsp3) is 0.267. The van der Waals surface area contributed by atoms with Gasteiger partial charge < -0.3 is 15.8 Å². The molecule has 0 aliphatic rings. The van der Waals surface area contributed by atoms with E-state index in [4.69, 9.17) is 10.5 Å². The number of hydrogen-bond acceptors (Lipinski definition) is 5. The molecule has 3 N–H and O–H groups in total. The SMILES string of the molecule is CCOc1ccc(C(=O)NCc2cnc(C)cn2)cc1N. The lowest BCUT2D eigenvalue weighted by atomic mass is 10.1. The molecule has 0 radical (unpaired) electrons. The average Bonchev–Trinajstić information content (AvgIpc) is 2.48. The molecule has 21 heavy (non-hydrogen) atoms. The normalized spacial score (nSPS) is 10.2. The molecular formula is C15H18N4O2. The molecule has 110 valence electrons. The number of nitrogens with zero attached hydrogens (tertiary/aromatic N) is 2. The minimum absolute atomic E-state index is 0.216. The molecule has 1 heterocycles. The second-order valence-electron chi connectivity index (χ2n) is 4.52. The van der Waals surface area contributed by atoms with E-state index in [0.717, 1.165) is 5.69 Å². The molecule has 0 unspecified atom stereocenters. The molecule has 0 aliphatic heterocycles. The van der Waals surface area contributed by atoms with Gasteiger partial charge in [0.05, 0.1) is 36.4 Å². The molecule has 0 aliphatic carbocycles. The first kappa shape index (κ1) is 14.8. The summed E-state index contributed by atoms with van der Waals surface area (Å²) in [6.45, 7) is 4.59. The summed E-state index contributed by atoms with van der Waals surface area (Å²) in [6.07, 6.45) is 3.30. The molecule has 0 saturated carbocycles. The molecule has 0 spiro atoms. The van der Waals surface area contributed by atoms with E-state index < -0.39 is 0 Å². The number of hydrogen-bond donors (Lipinski definition) is 2. The van der Waals surface area contributed by atoms with E-state index in [-0.39, 0.29) is 5.91 Å². The Hall–Kier alpha value is -2.63. The summed E-state index contributed by atoms with van der Waals surface area (Å²) in [5, 5.41) is 2.78. The van der Waals surface area contributed by atoms with Gasteiger partial charge in [-0.15, -0.1) is 0 Å². The Morgan fingerprint density at radius 2 is 2.14 bits per heavy atom. The van der Waals surface area contributed by atoms with Gasteiger partial charge in [0.2, 0.25) is 0 Å². The molecule has 0 fully saturated rings. The number of amides is 1. The van der Waals surface area contributed by atoms with E-state index in [0.29, 0.717) is 35.8 Å². The van der Waals surface area contributed by atoms with Crippen LogP contribution in [0.2, 0.25) is 0 Å². The third-order valence-electron chi connectivity index (χ3n) is 2.84. The monoisotopic (exact) mass is 286 g/mol. The van der Waals surface area contributed by atoms with Crippen molar-refractivity contribution < 1.29 is 9.53 Å². The predicted molar refractivity (Wildman–Crippen MR) is 80.0 cm³/mol. The molecule has 0 bridgehead atoms. The van der Waals surface area contributed by atoms with Crippen LogP contribution in [0.3, 0.4) is 0 Å². The van der Waals surface area contributed by atoms with Gasteiger partial charge in [0.1, 0.15) is 5.75 Å². The van der Waals surface area contributed by atoms with Crippen molar-refractivity contribution in [3.8, 4) is 5.75 Å². The van der Waals surface area contributed by atoms with E-state index in [1.54, 1.807) is 30.6 Å². The molecule has 0 saturated heterocycles. The van der Waals surface area contributed by atoms with Crippen LogP contribution in [-0.4, -0.2) is 22.5 Å². The van der Waals surface area contributed by atoms with Crippen molar-refractivity contribution in [1.82, 2.24) is 15.3 Å². The van der Waals surface area contributed by atoms with Crippen LogP contribution in [0.5, 0.6) is 5.75 Å². The number of carbonyl (C=O) groups is 1. The van der Waals surface area contributed by atoms with Crippen molar-refractivity contribution in [2.75, 3.05) is 12.3 Å². The number of aryl methyl sites for hydroxylation is 1. The summed E-state index contributed by atoms with van der Waals surface area (Å²) < 4.78 is 5.34. The summed E-state index contributed by atoms with van der Waals surface area (Å²) in [5.41, 5.74) is 8.31. The van der Waals surface area contributed by atoms with Crippen LogP contribution in [0.1, 0.15) is 28.7 Å². The van der Waals surface area contributed by atoms with Gasteiger partial charge in [-0.2, -0.15) is 0 Å². The maximum absolute atomic E-state index is 12.1. The van der Waals surface area contributed by atoms with E-state index in [2.05, 4.69) is 15.3 Å². The van der Waals surface area contributed by atoms with Crippen molar-refractivity contribution in [3.63, 3.8) is 0 Å². The van der Waals surface area contributed by atoms with Crippen LogP contribution in [-0.2, 0) is 6.54 Å². The van der Waals surface area contributed by atoms with Crippen LogP contribution in [0.15, 0.2) is 30.6 Å². The number of nitrogens with two attached hydrogens (primary N) is 1.